The maximum absolute atomic E-state index is 10.3. The molecule has 18 heavy (non-hydrogen) atoms. The Kier molecular flexibility index (Phi) is 4.38. The molecule has 0 aliphatic rings. The fraction of sp³-hybridized carbons (Fsp3) is 0.357. The maximum Gasteiger partial charge on any atom is 0.131 e. The molecule has 96 valence electrons. The number of aromatic nitrogens is 1. The predicted octanol–water partition coefficient (Wildman–Crippen LogP) is 4.08. The lowest BCUT2D eigenvalue weighted by atomic mass is 9.99. The lowest BCUT2D eigenvalue weighted by Gasteiger charge is -2.11. The van der Waals surface area contributed by atoms with E-state index >= 15 is 0 Å². The van der Waals surface area contributed by atoms with Gasteiger partial charge in [0.2, 0.25) is 0 Å². The molecule has 1 heterocycles. The average Bonchev–Trinajstić information content (AvgIpc) is 2.74. The van der Waals surface area contributed by atoms with Crippen molar-refractivity contribution in [1.82, 2.24) is 4.98 Å². The van der Waals surface area contributed by atoms with Crippen LogP contribution in [0.2, 0.25) is 4.34 Å². The van der Waals surface area contributed by atoms with Crippen molar-refractivity contribution in [3.05, 3.63) is 50.9 Å². The van der Waals surface area contributed by atoms with E-state index in [1.165, 1.54) is 16.9 Å². The van der Waals surface area contributed by atoms with Crippen LogP contribution < -0.4 is 0 Å². The van der Waals surface area contributed by atoms with E-state index in [1.807, 2.05) is 18.2 Å². The van der Waals surface area contributed by atoms with Crippen LogP contribution in [-0.4, -0.2) is 10.1 Å². The first kappa shape index (κ1) is 13.5. The van der Waals surface area contributed by atoms with E-state index in [0.717, 1.165) is 12.0 Å². The number of hydrogen-bond donors (Lipinski definition) is 1. The average molecular weight is 282 g/mol. The summed E-state index contributed by atoms with van der Waals surface area (Å²) in [4.78, 5) is 4.12. The van der Waals surface area contributed by atoms with Gasteiger partial charge in [-0.25, -0.2) is 4.98 Å². The van der Waals surface area contributed by atoms with Crippen molar-refractivity contribution in [3.63, 3.8) is 0 Å². The number of nitrogens with zero attached hydrogens (tertiary/aromatic N) is 1. The van der Waals surface area contributed by atoms with E-state index in [0.29, 0.717) is 15.3 Å². The highest BCUT2D eigenvalue weighted by Gasteiger charge is 2.14. The number of halogens is 1. The van der Waals surface area contributed by atoms with Gasteiger partial charge in [-0.05, 0) is 23.5 Å². The summed E-state index contributed by atoms with van der Waals surface area (Å²) < 4.78 is 0.599. The van der Waals surface area contributed by atoms with Gasteiger partial charge in [0.15, 0.2) is 0 Å². The maximum atomic E-state index is 10.3. The molecule has 4 heteroatoms. The first-order chi connectivity index (χ1) is 8.56. The van der Waals surface area contributed by atoms with Gasteiger partial charge in [-0.15, -0.1) is 11.3 Å². The molecule has 1 N–H and O–H groups in total. The molecular formula is C14H16ClNOS. The summed E-state index contributed by atoms with van der Waals surface area (Å²) in [6.07, 6.45) is 1.90. The molecule has 0 aliphatic carbocycles. The highest BCUT2D eigenvalue weighted by molar-refractivity contribution is 7.15. The second-order valence-electron chi connectivity index (χ2n) is 4.75. The van der Waals surface area contributed by atoms with Gasteiger partial charge >= 0.3 is 0 Å². The van der Waals surface area contributed by atoms with Crippen LogP contribution in [0.3, 0.4) is 0 Å². The SMILES string of the molecule is CC(C)Cc1cccc(C(O)c2ncc(Cl)s2)c1. The van der Waals surface area contributed by atoms with Crippen LogP contribution in [-0.2, 0) is 6.42 Å². The molecule has 0 amide bonds. The minimum atomic E-state index is -0.686. The van der Waals surface area contributed by atoms with E-state index in [-0.39, 0.29) is 0 Å². The molecule has 2 rings (SSSR count). The number of thiazole rings is 1. The Morgan fingerprint density at radius 1 is 1.39 bits per heavy atom. The first-order valence-corrected chi connectivity index (χ1v) is 7.14. The standard InChI is InChI=1S/C14H16ClNOS/c1-9(2)6-10-4-3-5-11(7-10)13(17)14-16-8-12(15)18-14/h3-5,7-9,13,17H,6H2,1-2H3. The van der Waals surface area contributed by atoms with E-state index in [1.54, 1.807) is 6.20 Å². The van der Waals surface area contributed by atoms with E-state index in [9.17, 15) is 5.11 Å². The van der Waals surface area contributed by atoms with Crippen molar-refractivity contribution in [2.75, 3.05) is 0 Å². The van der Waals surface area contributed by atoms with E-state index in [2.05, 4.69) is 24.9 Å². The molecule has 0 saturated carbocycles. The molecule has 1 aromatic heterocycles. The van der Waals surface area contributed by atoms with Crippen molar-refractivity contribution in [3.8, 4) is 0 Å². The Hall–Kier alpha value is -0.900. The molecule has 2 aromatic rings. The van der Waals surface area contributed by atoms with Crippen molar-refractivity contribution in [1.29, 1.82) is 0 Å². The lowest BCUT2D eigenvalue weighted by molar-refractivity contribution is 0.219. The number of benzene rings is 1. The van der Waals surface area contributed by atoms with Gasteiger partial charge in [0.05, 0.1) is 6.20 Å². The Balaban J connectivity index is 2.22. The van der Waals surface area contributed by atoms with Gasteiger partial charge in [0, 0.05) is 0 Å². The van der Waals surface area contributed by atoms with Crippen LogP contribution in [0.25, 0.3) is 0 Å². The topological polar surface area (TPSA) is 33.1 Å². The van der Waals surface area contributed by atoms with Crippen LogP contribution in [0.4, 0.5) is 0 Å². The largest absolute Gasteiger partial charge is 0.381 e. The van der Waals surface area contributed by atoms with Crippen LogP contribution in [0, 0.1) is 5.92 Å². The summed E-state index contributed by atoms with van der Waals surface area (Å²) in [6, 6.07) is 8.03. The number of hydrogen-bond acceptors (Lipinski definition) is 3. The summed E-state index contributed by atoms with van der Waals surface area (Å²) in [5.41, 5.74) is 2.11. The number of aliphatic hydroxyl groups is 1. The zero-order valence-corrected chi connectivity index (χ0v) is 12.0. The van der Waals surface area contributed by atoms with Gasteiger partial charge in [0.25, 0.3) is 0 Å². The van der Waals surface area contributed by atoms with Gasteiger partial charge in [-0.2, -0.15) is 0 Å². The molecular weight excluding hydrogens is 266 g/mol. The third kappa shape index (κ3) is 3.31. The molecule has 0 spiro atoms. The molecule has 1 atom stereocenters. The van der Waals surface area contributed by atoms with Crippen LogP contribution in [0.15, 0.2) is 30.5 Å². The highest BCUT2D eigenvalue weighted by Crippen LogP contribution is 2.29. The minimum Gasteiger partial charge on any atom is -0.381 e. The molecule has 0 radical (unpaired) electrons. The Bertz CT molecular complexity index is 524. The van der Waals surface area contributed by atoms with Crippen molar-refractivity contribution in [2.45, 2.75) is 26.4 Å². The number of aliphatic hydroxyl groups excluding tert-OH is 1. The molecule has 0 bridgehead atoms. The van der Waals surface area contributed by atoms with Gasteiger partial charge in [0.1, 0.15) is 15.4 Å². The third-order valence-corrected chi connectivity index (χ3v) is 3.81. The zero-order chi connectivity index (χ0) is 13.1. The van der Waals surface area contributed by atoms with Crippen LogP contribution in [0.5, 0.6) is 0 Å². The summed E-state index contributed by atoms with van der Waals surface area (Å²) in [6.45, 7) is 4.37. The predicted molar refractivity (Wildman–Crippen MR) is 76.2 cm³/mol. The van der Waals surface area contributed by atoms with Crippen molar-refractivity contribution >= 4 is 22.9 Å². The zero-order valence-electron chi connectivity index (χ0n) is 10.4. The Morgan fingerprint density at radius 3 is 2.78 bits per heavy atom. The lowest BCUT2D eigenvalue weighted by Crippen LogP contribution is -2.01. The van der Waals surface area contributed by atoms with E-state index < -0.39 is 6.10 Å². The Labute approximate surface area is 116 Å². The molecule has 0 fully saturated rings. The Morgan fingerprint density at radius 2 is 2.17 bits per heavy atom. The smallest absolute Gasteiger partial charge is 0.131 e. The van der Waals surface area contributed by atoms with Crippen LogP contribution in [0.1, 0.15) is 36.1 Å². The fourth-order valence-electron chi connectivity index (χ4n) is 1.90. The summed E-state index contributed by atoms with van der Waals surface area (Å²) in [7, 11) is 0. The fourth-order valence-corrected chi connectivity index (χ4v) is 2.84. The molecule has 0 aliphatic heterocycles. The molecule has 1 unspecified atom stereocenters. The second kappa shape index (κ2) is 5.83. The summed E-state index contributed by atoms with van der Waals surface area (Å²) in [5.74, 6) is 0.603. The second-order valence-corrected chi connectivity index (χ2v) is 6.44. The number of rotatable bonds is 4. The minimum absolute atomic E-state index is 0.599. The van der Waals surface area contributed by atoms with Gasteiger partial charge in [-0.3, -0.25) is 0 Å². The third-order valence-electron chi connectivity index (χ3n) is 2.64. The van der Waals surface area contributed by atoms with Gasteiger partial charge in [-0.1, -0.05) is 49.7 Å². The quantitative estimate of drug-likeness (QED) is 0.916. The van der Waals surface area contributed by atoms with Crippen molar-refractivity contribution < 1.29 is 5.11 Å². The normalized spacial score (nSPS) is 12.9. The van der Waals surface area contributed by atoms with Gasteiger partial charge < -0.3 is 5.11 Å². The van der Waals surface area contributed by atoms with Crippen molar-refractivity contribution in [2.24, 2.45) is 5.92 Å². The molecule has 0 saturated heterocycles. The first-order valence-electron chi connectivity index (χ1n) is 5.94. The summed E-state index contributed by atoms with van der Waals surface area (Å²) in [5, 5.41) is 10.9. The molecule has 1 aromatic carbocycles. The summed E-state index contributed by atoms with van der Waals surface area (Å²) >= 11 is 7.15. The highest BCUT2D eigenvalue weighted by atomic mass is 35.5. The monoisotopic (exact) mass is 281 g/mol. The molecule has 2 nitrogen and oxygen atoms in total. The van der Waals surface area contributed by atoms with Crippen LogP contribution >= 0.6 is 22.9 Å². The van der Waals surface area contributed by atoms with E-state index in [4.69, 9.17) is 11.6 Å².